The van der Waals surface area contributed by atoms with Crippen molar-refractivity contribution < 1.29 is 9.53 Å². The molecule has 3 aromatic rings. The van der Waals surface area contributed by atoms with Gasteiger partial charge in [-0.05, 0) is 45.5 Å². The van der Waals surface area contributed by atoms with E-state index in [2.05, 4.69) is 42.7 Å². The van der Waals surface area contributed by atoms with Crippen molar-refractivity contribution in [3.05, 3.63) is 88.7 Å². The predicted octanol–water partition coefficient (Wildman–Crippen LogP) is 5.04. The fourth-order valence-electron chi connectivity index (χ4n) is 4.05. The molecule has 2 aromatic carbocycles. The summed E-state index contributed by atoms with van der Waals surface area (Å²) in [4.78, 5) is 15.1. The van der Waals surface area contributed by atoms with Gasteiger partial charge in [-0.15, -0.1) is 0 Å². The van der Waals surface area contributed by atoms with E-state index in [-0.39, 0.29) is 11.8 Å². The molecule has 0 bridgehead atoms. The number of hydrogen-bond donors (Lipinski definition) is 0. The van der Waals surface area contributed by atoms with Gasteiger partial charge in [0.1, 0.15) is 5.75 Å². The van der Waals surface area contributed by atoms with Gasteiger partial charge in [-0.1, -0.05) is 48.5 Å². The van der Waals surface area contributed by atoms with Crippen LogP contribution in [0.15, 0.2) is 60.7 Å². The van der Waals surface area contributed by atoms with Crippen LogP contribution in [0.5, 0.6) is 5.75 Å². The molecule has 0 radical (unpaired) electrons. The van der Waals surface area contributed by atoms with E-state index in [0.29, 0.717) is 13.1 Å². The zero-order valence-corrected chi connectivity index (χ0v) is 18.0. The quantitative estimate of drug-likeness (QED) is 0.506. The smallest absolute Gasteiger partial charge is 0.178 e. The van der Waals surface area contributed by atoms with Crippen LogP contribution >= 0.6 is 0 Å². The zero-order chi connectivity index (χ0) is 21.0. The summed E-state index contributed by atoms with van der Waals surface area (Å²) >= 11 is 0. The average Bonchev–Trinajstić information content (AvgIpc) is 3.02. The molecule has 3 rings (SSSR count). The molecule has 1 atom stereocenters. The van der Waals surface area contributed by atoms with E-state index in [1.807, 2.05) is 55.3 Å². The number of carbonyl (C=O) groups excluding carboxylic acids is 1. The highest BCUT2D eigenvalue weighted by Gasteiger charge is 2.20. The molecule has 0 aliphatic carbocycles. The first-order chi connectivity index (χ1) is 13.9. The average molecular weight is 391 g/mol. The number of aryl methyl sites for hydroxylation is 1. The van der Waals surface area contributed by atoms with E-state index < -0.39 is 0 Å². The lowest BCUT2D eigenvalue weighted by Gasteiger charge is -2.20. The number of rotatable bonds is 8. The Balaban J connectivity index is 1.76. The van der Waals surface area contributed by atoms with Crippen molar-refractivity contribution in [2.45, 2.75) is 33.4 Å². The van der Waals surface area contributed by atoms with Crippen LogP contribution in [-0.2, 0) is 6.54 Å². The van der Waals surface area contributed by atoms with E-state index in [4.69, 9.17) is 4.74 Å². The topological polar surface area (TPSA) is 34.5 Å². The Morgan fingerprint density at radius 2 is 1.72 bits per heavy atom. The second kappa shape index (κ2) is 9.10. The molecule has 0 N–H and O–H groups in total. The standard InChI is InChI=1S/C25H30N2O2/c1-18-15-23(20(3)27(18)19(2)21-11-7-6-8-12-21)24(28)17-26(4)16-22-13-9-10-14-25(22)29-5/h6-15,19H,16-17H2,1-5H3. The molecule has 152 valence electrons. The van der Waals surface area contributed by atoms with E-state index in [9.17, 15) is 4.79 Å². The Kier molecular flexibility index (Phi) is 6.55. The summed E-state index contributed by atoms with van der Waals surface area (Å²) in [5.41, 5.74) is 5.25. The van der Waals surface area contributed by atoms with Crippen LogP contribution in [0.2, 0.25) is 0 Å². The van der Waals surface area contributed by atoms with Crippen molar-refractivity contribution in [3.63, 3.8) is 0 Å². The lowest BCUT2D eigenvalue weighted by Crippen LogP contribution is -2.26. The molecule has 0 saturated heterocycles. The molecular formula is C25H30N2O2. The number of ketones is 1. The molecule has 1 unspecified atom stereocenters. The SMILES string of the molecule is COc1ccccc1CN(C)CC(=O)c1cc(C)n(C(C)c2ccccc2)c1C. The predicted molar refractivity (Wildman–Crippen MR) is 118 cm³/mol. The monoisotopic (exact) mass is 390 g/mol. The maximum absolute atomic E-state index is 13.1. The summed E-state index contributed by atoms with van der Waals surface area (Å²) in [5.74, 6) is 0.990. The third kappa shape index (κ3) is 4.60. The van der Waals surface area contributed by atoms with Crippen LogP contribution in [0, 0.1) is 13.8 Å². The van der Waals surface area contributed by atoms with Gasteiger partial charge < -0.3 is 9.30 Å². The lowest BCUT2D eigenvalue weighted by atomic mass is 10.1. The van der Waals surface area contributed by atoms with Crippen molar-refractivity contribution in [2.75, 3.05) is 20.7 Å². The number of benzene rings is 2. The number of carbonyl (C=O) groups is 1. The molecule has 29 heavy (non-hydrogen) atoms. The second-order valence-electron chi connectivity index (χ2n) is 7.65. The van der Waals surface area contributed by atoms with Crippen molar-refractivity contribution in [1.29, 1.82) is 0 Å². The summed E-state index contributed by atoms with van der Waals surface area (Å²) in [6, 6.07) is 20.5. The van der Waals surface area contributed by atoms with E-state index >= 15 is 0 Å². The van der Waals surface area contributed by atoms with Gasteiger partial charge in [0.05, 0.1) is 19.7 Å². The van der Waals surface area contributed by atoms with E-state index in [0.717, 1.165) is 28.3 Å². The van der Waals surface area contributed by atoms with Crippen molar-refractivity contribution in [2.24, 2.45) is 0 Å². The van der Waals surface area contributed by atoms with Gasteiger partial charge in [-0.25, -0.2) is 0 Å². The summed E-state index contributed by atoms with van der Waals surface area (Å²) in [6.07, 6.45) is 0. The molecule has 0 fully saturated rings. The highest BCUT2D eigenvalue weighted by atomic mass is 16.5. The molecule has 0 amide bonds. The number of likely N-dealkylation sites (N-methyl/N-ethyl adjacent to an activating group) is 1. The number of para-hydroxylation sites is 1. The van der Waals surface area contributed by atoms with Crippen molar-refractivity contribution in [3.8, 4) is 5.75 Å². The van der Waals surface area contributed by atoms with Crippen LogP contribution in [0.25, 0.3) is 0 Å². The molecule has 1 heterocycles. The first-order valence-electron chi connectivity index (χ1n) is 9.99. The molecule has 0 aliphatic rings. The van der Waals surface area contributed by atoms with E-state index in [1.165, 1.54) is 5.56 Å². The Morgan fingerprint density at radius 3 is 2.41 bits per heavy atom. The zero-order valence-electron chi connectivity index (χ0n) is 18.0. The van der Waals surface area contributed by atoms with Crippen LogP contribution in [0.3, 0.4) is 0 Å². The van der Waals surface area contributed by atoms with Crippen LogP contribution in [0.4, 0.5) is 0 Å². The summed E-state index contributed by atoms with van der Waals surface area (Å²) in [5, 5.41) is 0. The fourth-order valence-corrected chi connectivity index (χ4v) is 4.05. The Bertz CT molecular complexity index is 976. The van der Waals surface area contributed by atoms with Crippen molar-refractivity contribution >= 4 is 5.78 Å². The molecule has 0 spiro atoms. The molecule has 0 saturated carbocycles. The number of aromatic nitrogens is 1. The highest BCUT2D eigenvalue weighted by molar-refractivity contribution is 5.99. The van der Waals surface area contributed by atoms with Crippen LogP contribution < -0.4 is 4.74 Å². The normalized spacial score (nSPS) is 12.2. The number of Topliss-reactive ketones (excluding diaryl/α,β-unsaturated/α-hetero) is 1. The number of ether oxygens (including phenoxy) is 1. The largest absolute Gasteiger partial charge is 0.496 e. The van der Waals surface area contributed by atoms with Gasteiger partial charge in [0.15, 0.2) is 5.78 Å². The Hall–Kier alpha value is -2.85. The third-order valence-electron chi connectivity index (χ3n) is 5.50. The van der Waals surface area contributed by atoms with Gasteiger partial charge in [-0.2, -0.15) is 0 Å². The Morgan fingerprint density at radius 1 is 1.07 bits per heavy atom. The van der Waals surface area contributed by atoms with E-state index in [1.54, 1.807) is 7.11 Å². The first-order valence-corrected chi connectivity index (χ1v) is 9.99. The van der Waals surface area contributed by atoms with Crippen LogP contribution in [-0.4, -0.2) is 36.0 Å². The molecule has 4 heteroatoms. The maximum atomic E-state index is 13.1. The molecule has 1 aromatic heterocycles. The fraction of sp³-hybridized carbons (Fsp3) is 0.320. The lowest BCUT2D eigenvalue weighted by molar-refractivity contribution is 0.0942. The summed E-state index contributed by atoms with van der Waals surface area (Å²) in [6.45, 7) is 7.32. The maximum Gasteiger partial charge on any atom is 0.178 e. The van der Waals surface area contributed by atoms with Gasteiger partial charge in [-0.3, -0.25) is 9.69 Å². The number of methoxy groups -OCH3 is 1. The van der Waals surface area contributed by atoms with Gasteiger partial charge in [0.2, 0.25) is 0 Å². The van der Waals surface area contributed by atoms with Gasteiger partial charge >= 0.3 is 0 Å². The highest BCUT2D eigenvalue weighted by Crippen LogP contribution is 2.26. The Labute approximate surface area is 173 Å². The first kappa shape index (κ1) is 20.9. The molecule has 0 aliphatic heterocycles. The number of hydrogen-bond acceptors (Lipinski definition) is 3. The summed E-state index contributed by atoms with van der Waals surface area (Å²) in [7, 11) is 3.64. The van der Waals surface area contributed by atoms with Crippen LogP contribution in [0.1, 0.15) is 45.8 Å². The second-order valence-corrected chi connectivity index (χ2v) is 7.65. The minimum absolute atomic E-state index is 0.141. The minimum atomic E-state index is 0.141. The number of nitrogens with zero attached hydrogens (tertiary/aromatic N) is 2. The summed E-state index contributed by atoms with van der Waals surface area (Å²) < 4.78 is 7.68. The third-order valence-corrected chi connectivity index (χ3v) is 5.50. The minimum Gasteiger partial charge on any atom is -0.496 e. The van der Waals surface area contributed by atoms with Crippen molar-refractivity contribution in [1.82, 2.24) is 9.47 Å². The van der Waals surface area contributed by atoms with Gasteiger partial charge in [0.25, 0.3) is 0 Å². The van der Waals surface area contributed by atoms with Gasteiger partial charge in [0, 0.05) is 29.1 Å². The molecular weight excluding hydrogens is 360 g/mol. The molecule has 4 nitrogen and oxygen atoms in total.